The Hall–Kier alpha value is -2.94. The standard InChI is InChI=1S/C24H32N4O4S/c1-7-12-32-22(29)20-16(5)25-23-26-24(33-8-2)27-28(23)21(20)17-9-10-18(19(14-17)30-6)31-13-11-15(3)4/h7,9-10,14-15,21H,1,8,11-13H2,2-6H3,(H,25,26,27). The van der Waals surface area contributed by atoms with Crippen LogP contribution in [0.15, 0.2) is 47.3 Å². The Bertz CT molecular complexity index is 1030. The Labute approximate surface area is 199 Å². The summed E-state index contributed by atoms with van der Waals surface area (Å²) < 4.78 is 18.7. The Balaban J connectivity index is 2.04. The molecule has 8 nitrogen and oxygen atoms in total. The molecule has 0 radical (unpaired) electrons. The molecule has 2 aromatic rings. The van der Waals surface area contributed by atoms with Crippen molar-refractivity contribution in [2.24, 2.45) is 5.92 Å². The lowest BCUT2D eigenvalue weighted by Crippen LogP contribution is -2.29. The summed E-state index contributed by atoms with van der Waals surface area (Å²) in [5.74, 6) is 2.77. The molecule has 1 N–H and O–H groups in total. The first-order valence-electron chi connectivity index (χ1n) is 11.0. The van der Waals surface area contributed by atoms with Crippen LogP contribution in [-0.4, -0.2) is 46.8 Å². The number of nitrogens with zero attached hydrogens (tertiary/aromatic N) is 3. The average Bonchev–Trinajstić information content (AvgIpc) is 3.18. The van der Waals surface area contributed by atoms with E-state index in [1.807, 2.05) is 32.0 Å². The minimum absolute atomic E-state index is 0.120. The molecule has 1 aliphatic heterocycles. The fourth-order valence-electron chi connectivity index (χ4n) is 3.48. The second kappa shape index (κ2) is 11.3. The molecule has 1 aromatic carbocycles. The molecule has 1 unspecified atom stereocenters. The van der Waals surface area contributed by atoms with Crippen LogP contribution in [0.2, 0.25) is 0 Å². The number of aromatic nitrogens is 3. The summed E-state index contributed by atoms with van der Waals surface area (Å²) in [5, 5.41) is 8.50. The third-order valence-corrected chi connectivity index (χ3v) is 5.83. The molecule has 1 aromatic heterocycles. The molecule has 0 spiro atoms. The van der Waals surface area contributed by atoms with Gasteiger partial charge in [-0.3, -0.25) is 0 Å². The van der Waals surface area contributed by atoms with Crippen LogP contribution in [0.5, 0.6) is 11.5 Å². The Morgan fingerprint density at radius 2 is 2.15 bits per heavy atom. The van der Waals surface area contributed by atoms with Crippen LogP contribution in [0, 0.1) is 5.92 Å². The third kappa shape index (κ3) is 5.71. The summed E-state index contributed by atoms with van der Waals surface area (Å²) >= 11 is 1.54. The lowest BCUT2D eigenvalue weighted by Gasteiger charge is -2.28. The lowest BCUT2D eigenvalue weighted by atomic mass is 9.95. The maximum Gasteiger partial charge on any atom is 0.338 e. The fourth-order valence-corrected chi connectivity index (χ4v) is 4.04. The highest BCUT2D eigenvalue weighted by molar-refractivity contribution is 7.99. The van der Waals surface area contributed by atoms with Gasteiger partial charge in [-0.15, -0.1) is 5.10 Å². The zero-order chi connectivity index (χ0) is 24.0. The number of nitrogens with one attached hydrogen (secondary N) is 1. The average molecular weight is 473 g/mol. The Morgan fingerprint density at radius 1 is 1.36 bits per heavy atom. The monoisotopic (exact) mass is 472 g/mol. The third-order valence-electron chi connectivity index (χ3n) is 5.11. The smallest absolute Gasteiger partial charge is 0.338 e. The van der Waals surface area contributed by atoms with E-state index in [0.717, 1.165) is 17.7 Å². The number of rotatable bonds is 11. The van der Waals surface area contributed by atoms with Gasteiger partial charge in [0.15, 0.2) is 11.5 Å². The minimum Gasteiger partial charge on any atom is -0.493 e. The quantitative estimate of drug-likeness (QED) is 0.282. The van der Waals surface area contributed by atoms with E-state index in [1.54, 1.807) is 17.9 Å². The van der Waals surface area contributed by atoms with Gasteiger partial charge >= 0.3 is 5.97 Å². The van der Waals surface area contributed by atoms with Crippen molar-refractivity contribution in [3.8, 4) is 11.5 Å². The molecule has 33 heavy (non-hydrogen) atoms. The molecule has 0 saturated heterocycles. The molecule has 0 bridgehead atoms. The number of carbonyl (C=O) groups is 1. The molecule has 1 atom stereocenters. The van der Waals surface area contributed by atoms with Gasteiger partial charge in [0.25, 0.3) is 0 Å². The molecule has 0 saturated carbocycles. The largest absolute Gasteiger partial charge is 0.493 e. The first-order valence-corrected chi connectivity index (χ1v) is 12.0. The summed E-state index contributed by atoms with van der Waals surface area (Å²) in [7, 11) is 1.61. The topological polar surface area (TPSA) is 87.5 Å². The molecule has 178 valence electrons. The number of thioether (sulfide) groups is 1. The van der Waals surface area contributed by atoms with Crippen molar-refractivity contribution in [1.82, 2.24) is 14.8 Å². The number of methoxy groups -OCH3 is 1. The SMILES string of the molecule is C=CCOC(=O)C1=C(C)Nc2nc(SCC)nn2C1c1ccc(OCCC(C)C)c(OC)c1. The number of fused-ring (bicyclic) bond motifs is 1. The summed E-state index contributed by atoms with van der Waals surface area (Å²) in [6.45, 7) is 12.5. The molecule has 0 aliphatic carbocycles. The molecule has 2 heterocycles. The van der Waals surface area contributed by atoms with Crippen LogP contribution < -0.4 is 14.8 Å². The number of esters is 1. The number of anilines is 1. The van der Waals surface area contributed by atoms with E-state index in [9.17, 15) is 4.79 Å². The molecule has 9 heteroatoms. The van der Waals surface area contributed by atoms with Gasteiger partial charge in [-0.2, -0.15) is 4.98 Å². The first-order chi connectivity index (χ1) is 15.9. The van der Waals surface area contributed by atoms with Crippen LogP contribution >= 0.6 is 11.8 Å². The highest BCUT2D eigenvalue weighted by Crippen LogP contribution is 2.39. The number of benzene rings is 1. The fraction of sp³-hybridized carbons (Fsp3) is 0.458. The Kier molecular flexibility index (Phi) is 8.43. The van der Waals surface area contributed by atoms with Gasteiger partial charge in [-0.1, -0.05) is 51.3 Å². The van der Waals surface area contributed by atoms with Gasteiger partial charge in [0.05, 0.1) is 19.3 Å². The summed E-state index contributed by atoms with van der Waals surface area (Å²) in [4.78, 5) is 17.6. The van der Waals surface area contributed by atoms with Crippen molar-refractivity contribution >= 4 is 23.7 Å². The van der Waals surface area contributed by atoms with E-state index in [-0.39, 0.29) is 6.61 Å². The van der Waals surface area contributed by atoms with Crippen LogP contribution in [0.25, 0.3) is 0 Å². The first kappa shape index (κ1) is 24.7. The Morgan fingerprint density at radius 3 is 2.82 bits per heavy atom. The number of ether oxygens (including phenoxy) is 3. The normalized spacial score (nSPS) is 15.2. The van der Waals surface area contributed by atoms with E-state index >= 15 is 0 Å². The van der Waals surface area contributed by atoms with E-state index in [0.29, 0.717) is 46.4 Å². The lowest BCUT2D eigenvalue weighted by molar-refractivity contribution is -0.138. The van der Waals surface area contributed by atoms with E-state index < -0.39 is 12.0 Å². The highest BCUT2D eigenvalue weighted by Gasteiger charge is 2.35. The number of allylic oxidation sites excluding steroid dienone is 1. The van der Waals surface area contributed by atoms with Crippen molar-refractivity contribution in [1.29, 1.82) is 0 Å². The van der Waals surface area contributed by atoms with Crippen LogP contribution in [0.4, 0.5) is 5.95 Å². The molecule has 0 amide bonds. The van der Waals surface area contributed by atoms with Crippen molar-refractivity contribution in [2.45, 2.75) is 45.3 Å². The molecular formula is C24H32N4O4S. The van der Waals surface area contributed by atoms with Gasteiger partial charge in [-0.25, -0.2) is 9.48 Å². The second-order valence-corrected chi connectivity index (χ2v) is 9.22. The molecular weight excluding hydrogens is 440 g/mol. The summed E-state index contributed by atoms with van der Waals surface area (Å²) in [6.07, 6.45) is 2.49. The van der Waals surface area contributed by atoms with Crippen LogP contribution in [0.1, 0.15) is 45.7 Å². The van der Waals surface area contributed by atoms with Crippen molar-refractivity contribution in [3.63, 3.8) is 0 Å². The molecule has 0 fully saturated rings. The van der Waals surface area contributed by atoms with E-state index in [2.05, 4.69) is 35.8 Å². The second-order valence-electron chi connectivity index (χ2n) is 7.99. The van der Waals surface area contributed by atoms with Crippen molar-refractivity contribution in [3.05, 3.63) is 47.7 Å². The predicted octanol–water partition coefficient (Wildman–Crippen LogP) is 4.84. The zero-order valence-corrected chi connectivity index (χ0v) is 20.7. The van der Waals surface area contributed by atoms with Crippen LogP contribution in [0.3, 0.4) is 0 Å². The zero-order valence-electron chi connectivity index (χ0n) is 19.9. The van der Waals surface area contributed by atoms with Crippen LogP contribution in [-0.2, 0) is 9.53 Å². The number of hydrogen-bond acceptors (Lipinski definition) is 8. The summed E-state index contributed by atoms with van der Waals surface area (Å²) in [6, 6.07) is 5.15. The highest BCUT2D eigenvalue weighted by atomic mass is 32.2. The van der Waals surface area contributed by atoms with Gasteiger partial charge in [0.1, 0.15) is 12.6 Å². The number of carbonyl (C=O) groups excluding carboxylic acids is 1. The predicted molar refractivity (Wildman–Crippen MR) is 130 cm³/mol. The number of hydrogen-bond donors (Lipinski definition) is 1. The van der Waals surface area contributed by atoms with Crippen molar-refractivity contribution in [2.75, 3.05) is 31.4 Å². The maximum atomic E-state index is 13.0. The van der Waals surface area contributed by atoms with Gasteiger partial charge in [0, 0.05) is 5.70 Å². The molecule has 3 rings (SSSR count). The summed E-state index contributed by atoms with van der Waals surface area (Å²) in [5.41, 5.74) is 1.93. The van der Waals surface area contributed by atoms with E-state index in [4.69, 9.17) is 14.2 Å². The van der Waals surface area contributed by atoms with Gasteiger partial charge in [-0.05, 0) is 42.7 Å². The maximum absolute atomic E-state index is 13.0. The van der Waals surface area contributed by atoms with Gasteiger partial charge in [0.2, 0.25) is 11.1 Å². The minimum atomic E-state index is -0.532. The van der Waals surface area contributed by atoms with Crippen molar-refractivity contribution < 1.29 is 19.0 Å². The van der Waals surface area contributed by atoms with E-state index in [1.165, 1.54) is 11.8 Å². The van der Waals surface area contributed by atoms with Gasteiger partial charge < -0.3 is 19.5 Å². The molecule has 1 aliphatic rings.